The normalized spacial score (nSPS) is 20.2. The number of carbonyl (C=O) groups is 1. The Morgan fingerprint density at radius 2 is 1.85 bits per heavy atom. The van der Waals surface area contributed by atoms with E-state index in [1.807, 2.05) is 30.3 Å². The van der Waals surface area contributed by atoms with Gasteiger partial charge in [0.15, 0.2) is 6.29 Å². The van der Waals surface area contributed by atoms with Crippen molar-refractivity contribution in [2.24, 2.45) is 0 Å². The zero-order chi connectivity index (χ0) is 18.4. The van der Waals surface area contributed by atoms with Gasteiger partial charge in [-0.15, -0.1) is 0 Å². The highest BCUT2D eigenvalue weighted by Crippen LogP contribution is 2.24. The van der Waals surface area contributed by atoms with E-state index in [-0.39, 0.29) is 17.6 Å². The number of nitrogens with zero attached hydrogens (tertiary/aromatic N) is 1. The van der Waals surface area contributed by atoms with Crippen LogP contribution in [0.2, 0.25) is 0 Å². The minimum Gasteiger partial charge on any atom is -0.351 e. The van der Waals surface area contributed by atoms with Gasteiger partial charge in [0.2, 0.25) is 5.91 Å². The monoisotopic (exact) mass is 356 g/mol. The van der Waals surface area contributed by atoms with Crippen molar-refractivity contribution in [2.45, 2.75) is 25.2 Å². The number of non-ortho nitro benzene ring substituents is 1. The first-order valence-electron chi connectivity index (χ1n) is 8.42. The molecule has 26 heavy (non-hydrogen) atoms. The van der Waals surface area contributed by atoms with Gasteiger partial charge in [0, 0.05) is 17.7 Å². The highest BCUT2D eigenvalue weighted by molar-refractivity contribution is 5.78. The van der Waals surface area contributed by atoms with E-state index in [0.29, 0.717) is 31.6 Å². The van der Waals surface area contributed by atoms with Crippen molar-refractivity contribution in [1.82, 2.24) is 5.32 Å². The van der Waals surface area contributed by atoms with Crippen molar-refractivity contribution < 1.29 is 19.2 Å². The maximum atomic E-state index is 12.2. The molecule has 136 valence electrons. The maximum absolute atomic E-state index is 12.2. The number of amides is 1. The number of hydrogen-bond acceptors (Lipinski definition) is 5. The summed E-state index contributed by atoms with van der Waals surface area (Å²) >= 11 is 0. The van der Waals surface area contributed by atoms with Crippen molar-refractivity contribution in [3.8, 4) is 0 Å². The molecule has 7 nitrogen and oxygen atoms in total. The molecule has 2 atom stereocenters. The predicted octanol–water partition coefficient (Wildman–Crippen LogP) is 2.76. The Kier molecular flexibility index (Phi) is 5.93. The highest BCUT2D eigenvalue weighted by Gasteiger charge is 2.22. The summed E-state index contributed by atoms with van der Waals surface area (Å²) in [7, 11) is 0. The molecule has 1 N–H and O–H groups in total. The number of nitro benzene ring substituents is 1. The minimum absolute atomic E-state index is 0.0217. The average Bonchev–Trinajstić information content (AvgIpc) is 2.88. The SMILES string of the molecule is O=C(Cc1ccccc1)N[C@H]1CCO[C@@H](c2ccc([N+](=O)[O-])cc2)OC1. The second-order valence-electron chi connectivity index (χ2n) is 6.10. The smallest absolute Gasteiger partial charge is 0.269 e. The molecule has 0 aliphatic carbocycles. The predicted molar refractivity (Wildman–Crippen MR) is 94.4 cm³/mol. The molecule has 2 aromatic carbocycles. The molecule has 0 aromatic heterocycles. The molecule has 2 aromatic rings. The number of rotatable bonds is 5. The first kappa shape index (κ1) is 18.0. The lowest BCUT2D eigenvalue weighted by Gasteiger charge is -2.17. The first-order valence-corrected chi connectivity index (χ1v) is 8.42. The summed E-state index contributed by atoms with van der Waals surface area (Å²) in [6, 6.07) is 15.5. The van der Waals surface area contributed by atoms with Gasteiger partial charge in [0.25, 0.3) is 5.69 Å². The lowest BCUT2D eigenvalue weighted by Crippen LogP contribution is -2.38. The van der Waals surface area contributed by atoms with Crippen LogP contribution in [0.15, 0.2) is 54.6 Å². The zero-order valence-electron chi connectivity index (χ0n) is 14.2. The maximum Gasteiger partial charge on any atom is 0.269 e. The van der Waals surface area contributed by atoms with Gasteiger partial charge in [0.1, 0.15) is 0 Å². The largest absolute Gasteiger partial charge is 0.351 e. The van der Waals surface area contributed by atoms with Gasteiger partial charge in [-0.2, -0.15) is 0 Å². The van der Waals surface area contributed by atoms with Crippen molar-refractivity contribution in [3.05, 3.63) is 75.8 Å². The molecule has 1 fully saturated rings. The fourth-order valence-corrected chi connectivity index (χ4v) is 2.77. The Hall–Kier alpha value is -2.77. The number of nitro groups is 1. The summed E-state index contributed by atoms with van der Waals surface area (Å²) < 4.78 is 11.4. The molecule has 1 aliphatic rings. The van der Waals surface area contributed by atoms with Crippen LogP contribution in [-0.2, 0) is 20.7 Å². The van der Waals surface area contributed by atoms with Crippen LogP contribution < -0.4 is 5.32 Å². The second kappa shape index (κ2) is 8.55. The van der Waals surface area contributed by atoms with Crippen LogP contribution in [0, 0.1) is 10.1 Å². The molecule has 3 rings (SSSR count). The standard InChI is InChI=1S/C19H20N2O5/c22-18(12-14-4-2-1-3-5-14)20-16-10-11-25-19(26-13-16)15-6-8-17(9-7-15)21(23)24/h1-9,16,19H,10-13H2,(H,20,22)/t16-,19+/m0/s1. The van der Waals surface area contributed by atoms with Crippen molar-refractivity contribution >= 4 is 11.6 Å². The summed E-state index contributed by atoms with van der Waals surface area (Å²) in [6.45, 7) is 0.750. The number of nitrogens with one attached hydrogen (secondary N) is 1. The Morgan fingerprint density at radius 3 is 2.54 bits per heavy atom. The van der Waals surface area contributed by atoms with E-state index >= 15 is 0 Å². The summed E-state index contributed by atoms with van der Waals surface area (Å²) in [4.78, 5) is 22.4. The van der Waals surface area contributed by atoms with Crippen LogP contribution in [-0.4, -0.2) is 30.1 Å². The van der Waals surface area contributed by atoms with Gasteiger partial charge in [0.05, 0.1) is 30.6 Å². The summed E-state index contributed by atoms with van der Waals surface area (Å²) in [6.07, 6.45) is 0.375. The molecule has 1 heterocycles. The second-order valence-corrected chi connectivity index (χ2v) is 6.10. The van der Waals surface area contributed by atoms with E-state index in [1.165, 1.54) is 12.1 Å². The Balaban J connectivity index is 1.53. The molecular formula is C19H20N2O5. The van der Waals surface area contributed by atoms with Gasteiger partial charge >= 0.3 is 0 Å². The van der Waals surface area contributed by atoms with Gasteiger partial charge in [-0.3, -0.25) is 14.9 Å². The number of ether oxygens (including phenoxy) is 2. The molecule has 0 unspecified atom stereocenters. The summed E-state index contributed by atoms with van der Waals surface area (Å²) in [5, 5.41) is 13.7. The fraction of sp³-hybridized carbons (Fsp3) is 0.316. The van der Waals surface area contributed by atoms with E-state index in [4.69, 9.17) is 9.47 Å². The zero-order valence-corrected chi connectivity index (χ0v) is 14.2. The third kappa shape index (κ3) is 4.87. The van der Waals surface area contributed by atoms with Crippen molar-refractivity contribution in [3.63, 3.8) is 0 Å². The molecular weight excluding hydrogens is 336 g/mol. The number of benzene rings is 2. The van der Waals surface area contributed by atoms with Gasteiger partial charge in [-0.1, -0.05) is 30.3 Å². The highest BCUT2D eigenvalue weighted by atomic mass is 16.7. The summed E-state index contributed by atoms with van der Waals surface area (Å²) in [5.41, 5.74) is 1.69. The van der Waals surface area contributed by atoms with Crippen molar-refractivity contribution in [1.29, 1.82) is 0 Å². The fourth-order valence-electron chi connectivity index (χ4n) is 2.77. The van der Waals surface area contributed by atoms with Crippen LogP contribution in [0.1, 0.15) is 23.8 Å². The summed E-state index contributed by atoms with van der Waals surface area (Å²) in [5.74, 6) is -0.0569. The lowest BCUT2D eigenvalue weighted by atomic mass is 10.1. The van der Waals surface area contributed by atoms with E-state index in [1.54, 1.807) is 12.1 Å². The van der Waals surface area contributed by atoms with Crippen LogP contribution in [0.3, 0.4) is 0 Å². The van der Waals surface area contributed by atoms with E-state index < -0.39 is 11.2 Å². The Morgan fingerprint density at radius 1 is 1.12 bits per heavy atom. The number of carbonyl (C=O) groups excluding carboxylic acids is 1. The first-order chi connectivity index (χ1) is 12.6. The third-order valence-corrected chi connectivity index (χ3v) is 4.13. The van der Waals surface area contributed by atoms with Gasteiger partial charge in [-0.05, 0) is 24.1 Å². The molecule has 1 saturated heterocycles. The lowest BCUT2D eigenvalue weighted by molar-refractivity contribution is -0.384. The van der Waals surface area contributed by atoms with Crippen molar-refractivity contribution in [2.75, 3.05) is 13.2 Å². The van der Waals surface area contributed by atoms with Gasteiger partial charge in [-0.25, -0.2) is 0 Å². The Labute approximate surface area is 151 Å². The van der Waals surface area contributed by atoms with Crippen LogP contribution in [0.4, 0.5) is 5.69 Å². The molecule has 0 saturated carbocycles. The molecule has 1 aliphatic heterocycles. The molecule has 0 bridgehead atoms. The quantitative estimate of drug-likeness (QED) is 0.657. The average molecular weight is 356 g/mol. The topological polar surface area (TPSA) is 90.7 Å². The van der Waals surface area contributed by atoms with E-state index in [2.05, 4.69) is 5.32 Å². The molecule has 1 amide bonds. The number of hydrogen-bond donors (Lipinski definition) is 1. The van der Waals surface area contributed by atoms with Crippen LogP contribution in [0.25, 0.3) is 0 Å². The van der Waals surface area contributed by atoms with Gasteiger partial charge < -0.3 is 14.8 Å². The van der Waals surface area contributed by atoms with Crippen LogP contribution in [0.5, 0.6) is 0 Å². The molecule has 0 spiro atoms. The third-order valence-electron chi connectivity index (χ3n) is 4.13. The Bertz CT molecular complexity index is 748. The van der Waals surface area contributed by atoms with E-state index in [0.717, 1.165) is 5.56 Å². The molecule has 7 heteroatoms. The molecule has 0 radical (unpaired) electrons. The van der Waals surface area contributed by atoms with E-state index in [9.17, 15) is 14.9 Å². The van der Waals surface area contributed by atoms with Crippen LogP contribution >= 0.6 is 0 Å². The minimum atomic E-state index is -0.591.